The minimum atomic E-state index is -0.261. The highest BCUT2D eigenvalue weighted by molar-refractivity contribution is 6.42. The SMILES string of the molecule is CN1CC(C(=O)N2CCN(Cc3ccc(Cl)c(Cl)c3)CC2)C2NN(c3ccccc3)C(=O)C2C1. The second-order valence-corrected chi connectivity index (χ2v) is 10.3. The van der Waals surface area contributed by atoms with Gasteiger partial charge >= 0.3 is 0 Å². The lowest BCUT2D eigenvalue weighted by molar-refractivity contribution is -0.141. The zero-order chi connectivity index (χ0) is 23.8. The monoisotopic (exact) mass is 501 g/mol. The third kappa shape index (κ3) is 4.68. The lowest BCUT2D eigenvalue weighted by atomic mass is 9.84. The van der Waals surface area contributed by atoms with E-state index in [1.54, 1.807) is 5.01 Å². The average molecular weight is 502 g/mol. The number of hydrogen-bond acceptors (Lipinski definition) is 5. The highest BCUT2D eigenvalue weighted by atomic mass is 35.5. The van der Waals surface area contributed by atoms with Gasteiger partial charge in [0.2, 0.25) is 11.8 Å². The van der Waals surface area contributed by atoms with Gasteiger partial charge in [0, 0.05) is 45.8 Å². The van der Waals surface area contributed by atoms with Gasteiger partial charge in [0.15, 0.2) is 0 Å². The molecule has 0 bridgehead atoms. The molecule has 2 amide bonds. The molecule has 1 N–H and O–H groups in total. The number of amides is 2. The molecule has 7 nitrogen and oxygen atoms in total. The van der Waals surface area contributed by atoms with Crippen molar-refractivity contribution in [2.24, 2.45) is 11.8 Å². The molecule has 0 aromatic heterocycles. The van der Waals surface area contributed by atoms with Crippen molar-refractivity contribution < 1.29 is 9.59 Å². The number of halogens is 2. The van der Waals surface area contributed by atoms with Crippen molar-refractivity contribution in [3.8, 4) is 0 Å². The van der Waals surface area contributed by atoms with Crippen LogP contribution in [0.3, 0.4) is 0 Å². The largest absolute Gasteiger partial charge is 0.340 e. The van der Waals surface area contributed by atoms with Crippen molar-refractivity contribution >= 4 is 40.7 Å². The Kier molecular flexibility index (Phi) is 6.82. The Morgan fingerprint density at radius 3 is 2.44 bits per heavy atom. The Morgan fingerprint density at radius 1 is 1.00 bits per heavy atom. The Hall–Kier alpha value is -2.16. The Balaban J connectivity index is 1.23. The van der Waals surface area contributed by atoms with Crippen molar-refractivity contribution in [3.05, 3.63) is 64.1 Å². The molecule has 180 valence electrons. The second-order valence-electron chi connectivity index (χ2n) is 9.45. The van der Waals surface area contributed by atoms with Gasteiger partial charge in [-0.05, 0) is 36.9 Å². The van der Waals surface area contributed by atoms with Crippen molar-refractivity contribution in [2.75, 3.05) is 51.3 Å². The van der Waals surface area contributed by atoms with E-state index in [1.165, 1.54) is 0 Å². The van der Waals surface area contributed by atoms with E-state index in [0.29, 0.717) is 36.2 Å². The minimum absolute atomic E-state index is 0.0343. The zero-order valence-electron chi connectivity index (χ0n) is 19.2. The molecule has 34 heavy (non-hydrogen) atoms. The fraction of sp³-hybridized carbons (Fsp3) is 0.440. The third-order valence-corrected chi connectivity index (χ3v) is 7.84. The first-order valence-electron chi connectivity index (χ1n) is 11.7. The number of benzene rings is 2. The number of nitrogens with zero attached hydrogens (tertiary/aromatic N) is 4. The number of anilines is 1. The molecular weight excluding hydrogens is 473 g/mol. The topological polar surface area (TPSA) is 59.1 Å². The lowest BCUT2D eigenvalue weighted by Gasteiger charge is -2.41. The van der Waals surface area contributed by atoms with Crippen molar-refractivity contribution in [1.82, 2.24) is 20.1 Å². The van der Waals surface area contributed by atoms with Gasteiger partial charge in [-0.15, -0.1) is 0 Å². The van der Waals surface area contributed by atoms with Gasteiger partial charge in [-0.1, -0.05) is 47.5 Å². The number of rotatable bonds is 4. The molecule has 0 spiro atoms. The molecule has 0 aliphatic carbocycles. The van der Waals surface area contributed by atoms with Gasteiger partial charge in [0.25, 0.3) is 0 Å². The number of nitrogens with one attached hydrogen (secondary N) is 1. The average Bonchev–Trinajstić information content (AvgIpc) is 3.18. The first kappa shape index (κ1) is 23.6. The molecule has 0 radical (unpaired) electrons. The number of hydrazine groups is 1. The fourth-order valence-electron chi connectivity index (χ4n) is 5.31. The standard InChI is InChI=1S/C25H29Cl2N5O2/c1-29-15-19(23-20(16-29)25(34)32(28-23)18-5-3-2-4-6-18)24(33)31-11-9-30(10-12-31)14-17-7-8-21(26)22(27)13-17/h2-8,13,19-20,23,28H,9-12,14-16H2,1H3. The molecule has 0 saturated carbocycles. The van der Waals surface area contributed by atoms with Crippen LogP contribution < -0.4 is 10.4 Å². The van der Waals surface area contributed by atoms with Crippen LogP contribution in [0.1, 0.15) is 5.56 Å². The normalized spacial score (nSPS) is 26.1. The van der Waals surface area contributed by atoms with Crippen LogP contribution in [0.25, 0.3) is 0 Å². The van der Waals surface area contributed by atoms with Crippen LogP contribution in [0.4, 0.5) is 5.69 Å². The van der Waals surface area contributed by atoms with Crippen LogP contribution in [0, 0.1) is 11.8 Å². The number of carbonyl (C=O) groups excluding carboxylic acids is 2. The Labute approximate surface area is 210 Å². The number of hydrogen-bond donors (Lipinski definition) is 1. The zero-order valence-corrected chi connectivity index (χ0v) is 20.7. The van der Waals surface area contributed by atoms with Crippen LogP contribution in [0.15, 0.2) is 48.5 Å². The van der Waals surface area contributed by atoms with Crippen LogP contribution in [0.2, 0.25) is 10.0 Å². The van der Waals surface area contributed by atoms with Crippen molar-refractivity contribution in [3.63, 3.8) is 0 Å². The van der Waals surface area contributed by atoms with Gasteiger partial charge < -0.3 is 9.80 Å². The van der Waals surface area contributed by atoms with Crippen molar-refractivity contribution in [1.29, 1.82) is 0 Å². The molecule has 5 rings (SSSR count). The number of para-hydroxylation sites is 1. The summed E-state index contributed by atoms with van der Waals surface area (Å²) >= 11 is 12.2. The maximum Gasteiger partial charge on any atom is 0.247 e. The van der Waals surface area contributed by atoms with E-state index in [1.807, 2.05) is 60.5 Å². The lowest BCUT2D eigenvalue weighted by Crippen LogP contribution is -2.59. The molecule has 2 aromatic rings. The highest BCUT2D eigenvalue weighted by Crippen LogP contribution is 2.32. The van der Waals surface area contributed by atoms with Crippen LogP contribution in [0.5, 0.6) is 0 Å². The molecule has 9 heteroatoms. The number of fused-ring (bicyclic) bond motifs is 1. The summed E-state index contributed by atoms with van der Waals surface area (Å²) in [5, 5.41) is 2.75. The van der Waals surface area contributed by atoms with E-state index in [9.17, 15) is 9.59 Å². The first-order chi connectivity index (χ1) is 16.4. The quantitative estimate of drug-likeness (QED) is 0.697. The summed E-state index contributed by atoms with van der Waals surface area (Å²) in [6.07, 6.45) is 0. The number of piperazine rings is 1. The van der Waals surface area contributed by atoms with Gasteiger partial charge in [0.05, 0.1) is 33.6 Å². The molecule has 3 aliphatic heterocycles. The summed E-state index contributed by atoms with van der Waals surface area (Å²) in [6, 6.07) is 15.1. The number of piperidine rings is 1. The summed E-state index contributed by atoms with van der Waals surface area (Å²) in [4.78, 5) is 33.2. The van der Waals surface area contributed by atoms with E-state index >= 15 is 0 Å². The molecule has 3 atom stereocenters. The summed E-state index contributed by atoms with van der Waals surface area (Å²) in [5.41, 5.74) is 5.30. The molecule has 3 saturated heterocycles. The van der Waals surface area contributed by atoms with Crippen molar-refractivity contribution in [2.45, 2.75) is 12.6 Å². The molecular formula is C25H29Cl2N5O2. The van der Waals surface area contributed by atoms with E-state index in [-0.39, 0.29) is 29.7 Å². The van der Waals surface area contributed by atoms with Gasteiger partial charge in [0.1, 0.15) is 0 Å². The molecule has 3 heterocycles. The van der Waals surface area contributed by atoms with Crippen LogP contribution in [-0.2, 0) is 16.1 Å². The third-order valence-electron chi connectivity index (χ3n) is 7.11. The molecule has 2 aromatic carbocycles. The van der Waals surface area contributed by atoms with Gasteiger partial charge in [-0.3, -0.25) is 14.5 Å². The number of likely N-dealkylation sites (tertiary alicyclic amines) is 1. The first-order valence-corrected chi connectivity index (χ1v) is 12.4. The Bertz CT molecular complexity index is 1060. The number of carbonyl (C=O) groups is 2. The minimum Gasteiger partial charge on any atom is -0.340 e. The van der Waals surface area contributed by atoms with Crippen LogP contribution >= 0.6 is 23.2 Å². The predicted octanol–water partition coefficient (Wildman–Crippen LogP) is 2.74. The van der Waals surface area contributed by atoms with Gasteiger partial charge in [-0.25, -0.2) is 10.4 Å². The summed E-state index contributed by atoms with van der Waals surface area (Å²) in [7, 11) is 1.99. The van der Waals surface area contributed by atoms with Gasteiger partial charge in [-0.2, -0.15) is 0 Å². The van der Waals surface area contributed by atoms with E-state index in [4.69, 9.17) is 23.2 Å². The highest BCUT2D eigenvalue weighted by Gasteiger charge is 2.51. The molecule has 3 fully saturated rings. The maximum atomic E-state index is 13.6. The summed E-state index contributed by atoms with van der Waals surface area (Å²) in [6.45, 7) is 5.02. The summed E-state index contributed by atoms with van der Waals surface area (Å²) in [5.74, 6) is -0.329. The smallest absolute Gasteiger partial charge is 0.247 e. The summed E-state index contributed by atoms with van der Waals surface area (Å²) < 4.78 is 0. The van der Waals surface area contributed by atoms with E-state index < -0.39 is 0 Å². The Morgan fingerprint density at radius 2 is 1.74 bits per heavy atom. The van der Waals surface area contributed by atoms with E-state index in [2.05, 4.69) is 15.2 Å². The maximum absolute atomic E-state index is 13.6. The predicted molar refractivity (Wildman–Crippen MR) is 134 cm³/mol. The van der Waals surface area contributed by atoms with E-state index in [0.717, 1.165) is 30.9 Å². The van der Waals surface area contributed by atoms with Crippen LogP contribution in [-0.4, -0.2) is 78.9 Å². The molecule has 3 unspecified atom stereocenters. The molecule has 3 aliphatic rings. The fourth-order valence-corrected chi connectivity index (χ4v) is 5.63. The second kappa shape index (κ2) is 9.84.